The highest BCUT2D eigenvalue weighted by molar-refractivity contribution is 7.95. The number of allylic oxidation sites excluding steroid dienone is 1. The maximum atomic E-state index is 15.9. The smallest absolute Gasteiger partial charge is 0.281 e. The molecule has 0 saturated heterocycles. The van der Waals surface area contributed by atoms with E-state index < -0.39 is 33.0 Å². The van der Waals surface area contributed by atoms with E-state index in [-0.39, 0.29) is 63.5 Å². The van der Waals surface area contributed by atoms with Gasteiger partial charge in [0.05, 0.1) is 16.3 Å². The number of aromatic nitrogens is 1. The lowest BCUT2D eigenvalue weighted by molar-refractivity contribution is 0.0975. The molecule has 3 aromatic rings. The zero-order valence-electron chi connectivity index (χ0n) is 21.5. The van der Waals surface area contributed by atoms with Gasteiger partial charge in [0.2, 0.25) is 0 Å². The van der Waals surface area contributed by atoms with E-state index in [1.54, 1.807) is 13.0 Å². The third-order valence-electron chi connectivity index (χ3n) is 6.56. The zero-order chi connectivity index (χ0) is 27.9. The summed E-state index contributed by atoms with van der Waals surface area (Å²) in [6.07, 6.45) is 2.46. The number of phenolic OH excluding ortho intramolecular Hbond substituents is 1. The second kappa shape index (κ2) is 9.78. The first kappa shape index (κ1) is 26.3. The van der Waals surface area contributed by atoms with E-state index in [1.165, 1.54) is 24.3 Å². The molecule has 9 nitrogen and oxygen atoms in total. The Hall–Kier alpha value is -4.30. The van der Waals surface area contributed by atoms with E-state index in [4.69, 9.17) is 9.15 Å². The summed E-state index contributed by atoms with van der Waals surface area (Å²) in [7, 11) is -4.04. The van der Waals surface area contributed by atoms with Crippen LogP contribution in [0, 0.1) is 23.1 Å². The molecule has 2 aliphatic heterocycles. The van der Waals surface area contributed by atoms with Crippen molar-refractivity contribution in [2.45, 2.75) is 33.2 Å². The number of nitrogens with one attached hydrogen (secondary N) is 1. The predicted molar refractivity (Wildman–Crippen MR) is 142 cm³/mol. The summed E-state index contributed by atoms with van der Waals surface area (Å²) in [5.41, 5.74) is -0.321. The number of hydrogen-bond acceptors (Lipinski definition) is 8. The van der Waals surface area contributed by atoms with Crippen molar-refractivity contribution >= 4 is 27.1 Å². The first-order valence-electron chi connectivity index (χ1n) is 12.1. The van der Waals surface area contributed by atoms with Gasteiger partial charge in [0, 0.05) is 17.3 Å². The molecule has 1 aromatic heterocycles. The number of hydrogen-bond donors (Lipinski definition) is 2. The Balaban J connectivity index is 1.80. The summed E-state index contributed by atoms with van der Waals surface area (Å²) < 4.78 is 54.2. The van der Waals surface area contributed by atoms with Gasteiger partial charge in [0.1, 0.15) is 41.9 Å². The normalized spacial score (nSPS) is 19.1. The van der Waals surface area contributed by atoms with E-state index in [0.29, 0.717) is 0 Å². The Kier molecular flexibility index (Phi) is 6.60. The number of phenols is 1. The molecule has 1 atom stereocenters. The SMILES string of the molecule is CC#CCOc1ccc(C2C3=C(CC(C)(C)CS3(=O)=O)Nc3c(O)cccc3N2C(=O)c2cocn2)c(F)c1. The lowest BCUT2D eigenvalue weighted by atomic mass is 9.88. The summed E-state index contributed by atoms with van der Waals surface area (Å²) in [5.74, 6) is 3.66. The molecule has 5 rings (SSSR count). The third kappa shape index (κ3) is 4.83. The van der Waals surface area contributed by atoms with E-state index >= 15 is 4.39 Å². The Bertz CT molecular complexity index is 1650. The van der Waals surface area contributed by atoms with E-state index in [1.807, 2.05) is 13.8 Å². The highest BCUT2D eigenvalue weighted by Gasteiger charge is 2.48. The zero-order valence-corrected chi connectivity index (χ0v) is 22.3. The first-order valence-corrected chi connectivity index (χ1v) is 13.8. The van der Waals surface area contributed by atoms with Gasteiger partial charge in [-0.25, -0.2) is 17.8 Å². The number of anilines is 2. The quantitative estimate of drug-likeness (QED) is 0.351. The van der Waals surface area contributed by atoms with Crippen LogP contribution in [0.2, 0.25) is 0 Å². The minimum Gasteiger partial charge on any atom is -0.506 e. The average Bonchev–Trinajstić information content (AvgIpc) is 3.34. The predicted octanol–water partition coefficient (Wildman–Crippen LogP) is 4.79. The van der Waals surface area contributed by atoms with Gasteiger partial charge >= 0.3 is 0 Å². The molecule has 11 heteroatoms. The van der Waals surface area contributed by atoms with Crippen LogP contribution >= 0.6 is 0 Å². The van der Waals surface area contributed by atoms with E-state index in [2.05, 4.69) is 22.1 Å². The van der Waals surface area contributed by atoms with Gasteiger partial charge in [0.15, 0.2) is 21.9 Å². The largest absolute Gasteiger partial charge is 0.506 e. The monoisotopic (exact) mass is 551 g/mol. The van der Waals surface area contributed by atoms with Crippen molar-refractivity contribution in [1.82, 2.24) is 4.98 Å². The minimum absolute atomic E-state index is 0.0464. The molecule has 0 radical (unpaired) electrons. The number of para-hydroxylation sites is 1. The highest BCUT2D eigenvalue weighted by atomic mass is 32.2. The molecule has 0 spiro atoms. The van der Waals surface area contributed by atoms with Crippen LogP contribution in [0.15, 0.2) is 64.1 Å². The maximum absolute atomic E-state index is 15.9. The number of nitrogens with zero attached hydrogens (tertiary/aromatic N) is 2. The van der Waals surface area contributed by atoms with Gasteiger partial charge in [-0.15, -0.1) is 5.92 Å². The van der Waals surface area contributed by atoms with Crippen molar-refractivity contribution < 1.29 is 31.9 Å². The fourth-order valence-corrected chi connectivity index (χ4v) is 7.42. The van der Waals surface area contributed by atoms with Crippen molar-refractivity contribution in [3.05, 3.63) is 76.7 Å². The van der Waals surface area contributed by atoms with Gasteiger partial charge in [-0.3, -0.25) is 9.69 Å². The van der Waals surface area contributed by atoms with Crippen molar-refractivity contribution in [3.8, 4) is 23.3 Å². The Morgan fingerprint density at radius 1 is 1.33 bits per heavy atom. The van der Waals surface area contributed by atoms with Crippen LogP contribution in [-0.4, -0.2) is 36.8 Å². The number of amides is 1. The van der Waals surface area contributed by atoms with Gasteiger partial charge in [-0.1, -0.05) is 25.8 Å². The number of sulfone groups is 1. The average molecular weight is 552 g/mol. The molecular formula is C28H26FN3O6S. The maximum Gasteiger partial charge on any atom is 0.281 e. The van der Waals surface area contributed by atoms with Crippen molar-refractivity contribution in [2.24, 2.45) is 5.41 Å². The van der Waals surface area contributed by atoms with Gasteiger partial charge in [-0.05, 0) is 43.0 Å². The third-order valence-corrected chi connectivity index (χ3v) is 8.86. The van der Waals surface area contributed by atoms with Gasteiger partial charge in [0.25, 0.3) is 5.91 Å². The number of oxazole rings is 1. The van der Waals surface area contributed by atoms with Crippen LogP contribution in [-0.2, 0) is 9.84 Å². The summed E-state index contributed by atoms with van der Waals surface area (Å²) in [5, 5.41) is 13.9. The van der Waals surface area contributed by atoms with Crippen molar-refractivity contribution in [2.75, 3.05) is 22.6 Å². The Morgan fingerprint density at radius 3 is 2.82 bits per heavy atom. The second-order valence-corrected chi connectivity index (χ2v) is 12.0. The molecule has 0 saturated carbocycles. The molecule has 0 fully saturated rings. The Labute approximate surface area is 225 Å². The highest BCUT2D eigenvalue weighted by Crippen LogP contribution is 2.51. The fraction of sp³-hybridized carbons (Fsp3) is 0.286. The van der Waals surface area contributed by atoms with Crippen LogP contribution < -0.4 is 15.0 Å². The molecule has 39 heavy (non-hydrogen) atoms. The molecule has 3 heterocycles. The molecule has 2 aromatic carbocycles. The van der Waals surface area contributed by atoms with E-state index in [9.17, 15) is 18.3 Å². The summed E-state index contributed by atoms with van der Waals surface area (Å²) in [6.45, 7) is 5.32. The van der Waals surface area contributed by atoms with E-state index in [0.717, 1.165) is 23.6 Å². The molecule has 1 amide bonds. The van der Waals surface area contributed by atoms with Crippen LogP contribution in [0.1, 0.15) is 49.3 Å². The fourth-order valence-electron chi connectivity index (χ4n) is 5.06. The van der Waals surface area contributed by atoms with Crippen molar-refractivity contribution in [3.63, 3.8) is 0 Å². The Morgan fingerprint density at radius 2 is 2.13 bits per heavy atom. The number of fused-ring (bicyclic) bond motifs is 1. The number of benzene rings is 2. The van der Waals surface area contributed by atoms with Gasteiger partial charge in [-0.2, -0.15) is 0 Å². The molecule has 0 aliphatic carbocycles. The summed E-state index contributed by atoms with van der Waals surface area (Å²) >= 11 is 0. The van der Waals surface area contributed by atoms with Crippen LogP contribution in [0.5, 0.6) is 11.5 Å². The van der Waals surface area contributed by atoms with Crippen LogP contribution in [0.4, 0.5) is 15.8 Å². The number of rotatable bonds is 4. The number of carbonyl (C=O) groups is 1. The van der Waals surface area contributed by atoms with Crippen LogP contribution in [0.3, 0.4) is 0 Å². The first-order chi connectivity index (χ1) is 18.5. The molecule has 2 N–H and O–H groups in total. The minimum atomic E-state index is -4.04. The molecule has 1 unspecified atom stereocenters. The number of carbonyl (C=O) groups excluding carboxylic acids is 1. The number of halogens is 1. The lowest BCUT2D eigenvalue weighted by Gasteiger charge is -2.37. The molecule has 2 aliphatic rings. The number of aromatic hydroxyl groups is 1. The van der Waals surface area contributed by atoms with Crippen molar-refractivity contribution in [1.29, 1.82) is 0 Å². The topological polar surface area (TPSA) is 122 Å². The molecule has 202 valence electrons. The number of ether oxygens (including phenoxy) is 1. The molecule has 0 bridgehead atoms. The standard InChI is InChI=1S/C28H26FN3O6S/c1-4-5-11-38-17-9-10-18(19(29)12-17)25-26-20(13-28(2,3)15-39(26,35)36)31-24-22(7-6-8-23(24)33)32(25)27(34)21-14-37-16-30-21/h6-10,12,14,16,25,31,33H,11,13,15H2,1-3H3. The summed E-state index contributed by atoms with van der Waals surface area (Å²) in [4.78, 5) is 18.9. The lowest BCUT2D eigenvalue weighted by Crippen LogP contribution is -2.41. The van der Waals surface area contributed by atoms with Gasteiger partial charge < -0.3 is 19.6 Å². The van der Waals surface area contributed by atoms with Crippen LogP contribution in [0.25, 0.3) is 0 Å². The molecular weight excluding hydrogens is 525 g/mol. The summed E-state index contributed by atoms with van der Waals surface area (Å²) in [6, 6.07) is 7.07. The second-order valence-electron chi connectivity index (χ2n) is 10.1.